The number of amides is 1. The first-order valence-electron chi connectivity index (χ1n) is 11.1. The standard InChI is InChI=1S/C24H32N4O/c1-20(19-27-15-7-2-8-16-27)24(21-11-3-5-13-25-21,22-12-4-6-14-26-22)23(29)28-17-9-10-18-28/h3-6,11-14,20H,2,7-10,15-19H2,1H3. The molecule has 2 aliphatic heterocycles. The van der Waals surface area contributed by atoms with Crippen molar-refractivity contribution in [3.05, 3.63) is 60.2 Å². The Kier molecular flexibility index (Phi) is 6.24. The molecule has 2 aromatic heterocycles. The van der Waals surface area contributed by atoms with Gasteiger partial charge in [-0.05, 0) is 69.0 Å². The van der Waals surface area contributed by atoms with Crippen LogP contribution in [0.2, 0.25) is 0 Å². The molecule has 4 heterocycles. The van der Waals surface area contributed by atoms with Gasteiger partial charge in [-0.1, -0.05) is 25.5 Å². The molecule has 0 radical (unpaired) electrons. The molecule has 1 unspecified atom stereocenters. The summed E-state index contributed by atoms with van der Waals surface area (Å²) < 4.78 is 0. The highest BCUT2D eigenvalue weighted by atomic mass is 16.2. The van der Waals surface area contributed by atoms with E-state index in [1.807, 2.05) is 41.3 Å². The van der Waals surface area contributed by atoms with Gasteiger partial charge in [-0.2, -0.15) is 0 Å². The number of rotatable bonds is 6. The molecule has 1 atom stereocenters. The van der Waals surface area contributed by atoms with Gasteiger partial charge in [0.05, 0.1) is 11.4 Å². The van der Waals surface area contributed by atoms with Crippen molar-refractivity contribution in [3.8, 4) is 0 Å². The Morgan fingerprint density at radius 1 is 0.897 bits per heavy atom. The van der Waals surface area contributed by atoms with Gasteiger partial charge in [-0.25, -0.2) is 0 Å². The maximum absolute atomic E-state index is 14.2. The van der Waals surface area contributed by atoms with Crippen molar-refractivity contribution in [1.29, 1.82) is 0 Å². The highest BCUT2D eigenvalue weighted by molar-refractivity contribution is 5.91. The molecule has 0 bridgehead atoms. The first kappa shape index (κ1) is 20.0. The summed E-state index contributed by atoms with van der Waals surface area (Å²) in [5, 5.41) is 0. The Bertz CT molecular complexity index is 744. The summed E-state index contributed by atoms with van der Waals surface area (Å²) in [5.74, 6) is 0.232. The third-order valence-electron chi connectivity index (χ3n) is 6.59. The summed E-state index contributed by atoms with van der Waals surface area (Å²) in [6.07, 6.45) is 9.55. The Morgan fingerprint density at radius 2 is 1.45 bits per heavy atom. The summed E-state index contributed by atoms with van der Waals surface area (Å²) in [4.78, 5) is 28.2. The van der Waals surface area contributed by atoms with E-state index >= 15 is 0 Å². The van der Waals surface area contributed by atoms with E-state index in [4.69, 9.17) is 9.97 Å². The van der Waals surface area contributed by atoms with Crippen molar-refractivity contribution in [3.63, 3.8) is 0 Å². The predicted molar refractivity (Wildman–Crippen MR) is 115 cm³/mol. The van der Waals surface area contributed by atoms with Gasteiger partial charge in [0.15, 0.2) is 0 Å². The van der Waals surface area contributed by atoms with E-state index < -0.39 is 5.41 Å². The molecule has 0 aliphatic carbocycles. The maximum atomic E-state index is 14.2. The van der Waals surface area contributed by atoms with Crippen molar-refractivity contribution in [2.75, 3.05) is 32.7 Å². The fraction of sp³-hybridized carbons (Fsp3) is 0.542. The van der Waals surface area contributed by atoms with Crippen LogP contribution in [0, 0.1) is 5.92 Å². The second kappa shape index (κ2) is 9.04. The third kappa shape index (κ3) is 3.93. The average molecular weight is 393 g/mol. The van der Waals surface area contributed by atoms with Crippen LogP contribution in [0.25, 0.3) is 0 Å². The zero-order valence-corrected chi connectivity index (χ0v) is 17.5. The van der Waals surface area contributed by atoms with Crippen molar-refractivity contribution in [1.82, 2.24) is 19.8 Å². The average Bonchev–Trinajstić information content (AvgIpc) is 3.31. The number of likely N-dealkylation sites (tertiary alicyclic amines) is 2. The van der Waals surface area contributed by atoms with Gasteiger partial charge in [0, 0.05) is 32.0 Å². The Hall–Kier alpha value is -2.27. The zero-order valence-electron chi connectivity index (χ0n) is 17.5. The molecule has 5 nitrogen and oxygen atoms in total. The van der Waals surface area contributed by atoms with Gasteiger partial charge >= 0.3 is 0 Å². The van der Waals surface area contributed by atoms with Gasteiger partial charge in [0.2, 0.25) is 5.91 Å². The number of nitrogens with zero attached hydrogens (tertiary/aromatic N) is 4. The predicted octanol–water partition coefficient (Wildman–Crippen LogP) is 3.51. The van der Waals surface area contributed by atoms with Crippen LogP contribution in [0.4, 0.5) is 0 Å². The first-order chi connectivity index (χ1) is 14.2. The molecule has 2 aromatic rings. The van der Waals surface area contributed by atoms with E-state index in [-0.39, 0.29) is 11.8 Å². The fourth-order valence-corrected chi connectivity index (χ4v) is 5.09. The molecule has 2 fully saturated rings. The summed E-state index contributed by atoms with van der Waals surface area (Å²) in [6.45, 7) is 6.98. The fourth-order valence-electron chi connectivity index (χ4n) is 5.09. The van der Waals surface area contributed by atoms with Crippen molar-refractivity contribution >= 4 is 5.91 Å². The molecule has 0 spiro atoms. The highest BCUT2D eigenvalue weighted by Gasteiger charge is 2.51. The molecule has 2 saturated heterocycles. The quantitative estimate of drug-likeness (QED) is 0.755. The van der Waals surface area contributed by atoms with Gasteiger partial charge in [-0.15, -0.1) is 0 Å². The van der Waals surface area contributed by atoms with Crippen molar-refractivity contribution in [2.24, 2.45) is 5.92 Å². The summed E-state index contributed by atoms with van der Waals surface area (Å²) in [7, 11) is 0. The molecule has 1 amide bonds. The van der Waals surface area contributed by atoms with Crippen molar-refractivity contribution < 1.29 is 4.79 Å². The van der Waals surface area contributed by atoms with Crippen LogP contribution < -0.4 is 0 Å². The summed E-state index contributed by atoms with van der Waals surface area (Å²) in [6, 6.07) is 11.8. The lowest BCUT2D eigenvalue weighted by Crippen LogP contribution is -2.54. The van der Waals surface area contributed by atoms with Gasteiger partial charge in [0.1, 0.15) is 5.41 Å². The summed E-state index contributed by atoms with van der Waals surface area (Å²) in [5.41, 5.74) is 0.782. The van der Waals surface area contributed by atoms with Crippen LogP contribution in [-0.4, -0.2) is 58.4 Å². The molecule has 5 heteroatoms. The minimum absolute atomic E-state index is 0.0681. The number of aromatic nitrogens is 2. The van der Waals surface area contributed by atoms with Crippen LogP contribution in [0.3, 0.4) is 0 Å². The van der Waals surface area contributed by atoms with E-state index in [0.29, 0.717) is 0 Å². The first-order valence-corrected chi connectivity index (χ1v) is 11.1. The van der Waals surface area contributed by atoms with E-state index in [2.05, 4.69) is 11.8 Å². The number of pyridine rings is 2. The molecule has 0 N–H and O–H groups in total. The number of hydrogen-bond acceptors (Lipinski definition) is 4. The second-order valence-corrected chi connectivity index (χ2v) is 8.50. The molecule has 0 saturated carbocycles. The number of piperidine rings is 1. The SMILES string of the molecule is CC(CN1CCCCC1)C(C(=O)N1CCCC1)(c1ccccn1)c1ccccn1. The number of hydrogen-bond donors (Lipinski definition) is 0. The number of carbonyl (C=O) groups is 1. The van der Waals surface area contributed by atoms with Crippen molar-refractivity contribution in [2.45, 2.75) is 44.4 Å². The monoisotopic (exact) mass is 392 g/mol. The maximum Gasteiger partial charge on any atom is 0.241 e. The molecule has 4 rings (SSSR count). The van der Waals surface area contributed by atoms with Crippen LogP contribution in [0.5, 0.6) is 0 Å². The van der Waals surface area contributed by atoms with Gasteiger partial charge in [0.25, 0.3) is 0 Å². The summed E-state index contributed by atoms with van der Waals surface area (Å²) >= 11 is 0. The topological polar surface area (TPSA) is 49.3 Å². The van der Waals surface area contributed by atoms with E-state index in [9.17, 15) is 4.79 Å². The molecule has 29 heavy (non-hydrogen) atoms. The lowest BCUT2D eigenvalue weighted by atomic mass is 9.68. The minimum atomic E-state index is -0.857. The Morgan fingerprint density at radius 3 is 1.97 bits per heavy atom. The lowest BCUT2D eigenvalue weighted by Gasteiger charge is -2.42. The normalized spacial score (nSPS) is 19.3. The van der Waals surface area contributed by atoms with E-state index in [0.717, 1.165) is 57.0 Å². The van der Waals surface area contributed by atoms with Crippen LogP contribution in [0.1, 0.15) is 50.4 Å². The second-order valence-electron chi connectivity index (χ2n) is 8.50. The lowest BCUT2D eigenvalue weighted by molar-refractivity contribution is -0.137. The van der Waals surface area contributed by atoms with Crippen LogP contribution in [0.15, 0.2) is 48.8 Å². The van der Waals surface area contributed by atoms with E-state index in [1.54, 1.807) is 12.4 Å². The third-order valence-corrected chi connectivity index (χ3v) is 6.59. The number of carbonyl (C=O) groups excluding carboxylic acids is 1. The van der Waals surface area contributed by atoms with Gasteiger partial charge < -0.3 is 9.80 Å². The smallest absolute Gasteiger partial charge is 0.241 e. The molecular formula is C24H32N4O. The minimum Gasteiger partial charge on any atom is -0.342 e. The molecule has 0 aromatic carbocycles. The van der Waals surface area contributed by atoms with Gasteiger partial charge in [-0.3, -0.25) is 14.8 Å². The Labute approximate surface area is 174 Å². The van der Waals surface area contributed by atoms with Crippen LogP contribution in [-0.2, 0) is 10.2 Å². The zero-order chi connectivity index (χ0) is 20.1. The Balaban J connectivity index is 1.81. The highest BCUT2D eigenvalue weighted by Crippen LogP contribution is 2.40. The molecule has 2 aliphatic rings. The van der Waals surface area contributed by atoms with Crippen LogP contribution >= 0.6 is 0 Å². The molecule has 154 valence electrons. The van der Waals surface area contributed by atoms with E-state index in [1.165, 1.54) is 19.3 Å². The molecular weight excluding hydrogens is 360 g/mol. The largest absolute Gasteiger partial charge is 0.342 e.